The van der Waals surface area contributed by atoms with Crippen LogP contribution >= 0.6 is 8.03 Å². The minimum atomic E-state index is -2.73. The van der Waals surface area contributed by atoms with Crippen LogP contribution in [0.3, 0.4) is 0 Å². The predicted octanol–water partition coefficient (Wildman–Crippen LogP) is 0.795. The number of hydrogen-bond acceptors (Lipinski definition) is 3. The second kappa shape index (κ2) is 3.88. The van der Waals surface area contributed by atoms with Gasteiger partial charge < -0.3 is 9.63 Å². The lowest BCUT2D eigenvalue weighted by molar-refractivity contribution is -0.151. The van der Waals surface area contributed by atoms with Crippen molar-refractivity contribution in [2.75, 3.05) is 6.16 Å². The molecule has 1 unspecified atom stereocenters. The van der Waals surface area contributed by atoms with Gasteiger partial charge in [-0.3, -0.25) is 9.36 Å². The summed E-state index contributed by atoms with van der Waals surface area (Å²) in [6, 6.07) is 0. The first-order valence-corrected chi connectivity index (χ1v) is 4.81. The van der Waals surface area contributed by atoms with Crippen molar-refractivity contribution in [1.29, 1.82) is 0 Å². The van der Waals surface area contributed by atoms with Gasteiger partial charge in [-0.05, 0) is 20.8 Å². The molecule has 0 aliphatic rings. The first kappa shape index (κ1) is 10.7. The SMILES string of the molecule is CC(C)(C)OC(=O)C[PH](=O)O. The fraction of sp³-hybridized carbons (Fsp3) is 0.833. The summed E-state index contributed by atoms with van der Waals surface area (Å²) in [5.41, 5.74) is -0.575. The Hall–Kier alpha value is -0.340. The highest BCUT2D eigenvalue weighted by atomic mass is 31.1. The smallest absolute Gasteiger partial charge is 0.315 e. The van der Waals surface area contributed by atoms with Crippen molar-refractivity contribution in [3.05, 3.63) is 0 Å². The molecular weight excluding hydrogens is 167 g/mol. The van der Waals surface area contributed by atoms with Crippen LogP contribution in [-0.2, 0) is 14.1 Å². The predicted molar refractivity (Wildman–Crippen MR) is 41.9 cm³/mol. The van der Waals surface area contributed by atoms with Crippen molar-refractivity contribution in [3.8, 4) is 0 Å². The molecule has 0 heterocycles. The van der Waals surface area contributed by atoms with E-state index in [4.69, 9.17) is 9.63 Å². The quantitative estimate of drug-likeness (QED) is 0.504. The van der Waals surface area contributed by atoms with Crippen molar-refractivity contribution in [2.45, 2.75) is 26.4 Å². The zero-order valence-electron chi connectivity index (χ0n) is 6.88. The van der Waals surface area contributed by atoms with Gasteiger partial charge in [0.1, 0.15) is 11.8 Å². The van der Waals surface area contributed by atoms with E-state index in [-0.39, 0.29) is 6.16 Å². The van der Waals surface area contributed by atoms with Gasteiger partial charge in [-0.1, -0.05) is 0 Å². The number of carbonyl (C=O) groups is 1. The summed E-state index contributed by atoms with van der Waals surface area (Å²) in [6.45, 7) is 5.12. The summed E-state index contributed by atoms with van der Waals surface area (Å²) in [7, 11) is -2.73. The molecule has 0 aromatic heterocycles. The van der Waals surface area contributed by atoms with E-state index in [0.717, 1.165) is 0 Å². The van der Waals surface area contributed by atoms with E-state index < -0.39 is 19.6 Å². The van der Waals surface area contributed by atoms with E-state index >= 15 is 0 Å². The minimum Gasteiger partial charge on any atom is -0.460 e. The second-order valence-corrected chi connectivity index (χ2v) is 4.30. The molecule has 0 rings (SSSR count). The molecule has 0 aliphatic heterocycles. The average molecular weight is 180 g/mol. The number of rotatable bonds is 2. The van der Waals surface area contributed by atoms with Gasteiger partial charge in [0.2, 0.25) is 0 Å². The van der Waals surface area contributed by atoms with Crippen LogP contribution in [0.2, 0.25) is 0 Å². The summed E-state index contributed by atoms with van der Waals surface area (Å²) in [4.78, 5) is 19.1. The van der Waals surface area contributed by atoms with E-state index in [1.54, 1.807) is 20.8 Å². The summed E-state index contributed by atoms with van der Waals surface area (Å²) >= 11 is 0. The Morgan fingerprint density at radius 1 is 1.55 bits per heavy atom. The molecule has 0 aromatic carbocycles. The Morgan fingerprint density at radius 2 is 2.00 bits per heavy atom. The summed E-state index contributed by atoms with van der Waals surface area (Å²) in [6.07, 6.45) is -0.387. The second-order valence-electron chi connectivity index (χ2n) is 3.16. The standard InChI is InChI=1S/C6H13O4P/c1-6(2,3)10-5(7)4-11(8)9/h11H,4H2,1-3H3,(H,8,9). The highest BCUT2D eigenvalue weighted by Crippen LogP contribution is 2.15. The van der Waals surface area contributed by atoms with Crippen LogP contribution in [-0.4, -0.2) is 22.6 Å². The molecule has 0 aromatic rings. The minimum absolute atomic E-state index is 0.387. The van der Waals surface area contributed by atoms with Crippen LogP contribution in [0.5, 0.6) is 0 Å². The number of hydrogen-bond donors (Lipinski definition) is 1. The largest absolute Gasteiger partial charge is 0.460 e. The summed E-state index contributed by atoms with van der Waals surface area (Å²) < 4.78 is 15.0. The first-order chi connectivity index (χ1) is 4.81. The highest BCUT2D eigenvalue weighted by molar-refractivity contribution is 7.39. The molecule has 0 saturated carbocycles. The molecule has 1 N–H and O–H groups in total. The third-order valence-corrected chi connectivity index (χ3v) is 1.31. The lowest BCUT2D eigenvalue weighted by Gasteiger charge is -2.18. The molecule has 11 heavy (non-hydrogen) atoms. The van der Waals surface area contributed by atoms with Gasteiger partial charge in [-0.15, -0.1) is 0 Å². The van der Waals surface area contributed by atoms with Crippen LogP contribution in [0.4, 0.5) is 0 Å². The van der Waals surface area contributed by atoms with E-state index in [0.29, 0.717) is 0 Å². The Balaban J connectivity index is 3.80. The van der Waals surface area contributed by atoms with Crippen molar-refractivity contribution < 1.29 is 19.0 Å². The third-order valence-electron chi connectivity index (χ3n) is 0.716. The van der Waals surface area contributed by atoms with Crippen LogP contribution in [0.1, 0.15) is 20.8 Å². The van der Waals surface area contributed by atoms with Gasteiger partial charge in [0.05, 0.1) is 0 Å². The van der Waals surface area contributed by atoms with Gasteiger partial charge in [0.15, 0.2) is 8.03 Å². The molecule has 0 fully saturated rings. The lowest BCUT2D eigenvalue weighted by atomic mass is 10.2. The van der Waals surface area contributed by atoms with E-state index in [1.807, 2.05) is 0 Å². The lowest BCUT2D eigenvalue weighted by Crippen LogP contribution is -2.24. The van der Waals surface area contributed by atoms with Crippen molar-refractivity contribution in [3.63, 3.8) is 0 Å². The molecule has 0 bridgehead atoms. The van der Waals surface area contributed by atoms with Crippen molar-refractivity contribution in [1.82, 2.24) is 0 Å². The number of esters is 1. The summed E-state index contributed by atoms with van der Waals surface area (Å²) in [5.74, 6) is -0.621. The van der Waals surface area contributed by atoms with Gasteiger partial charge in [-0.25, -0.2) is 0 Å². The zero-order chi connectivity index (χ0) is 9.07. The van der Waals surface area contributed by atoms with Crippen molar-refractivity contribution in [2.24, 2.45) is 0 Å². The maximum atomic E-state index is 10.7. The molecule has 1 atom stereocenters. The Morgan fingerprint density at radius 3 is 2.27 bits per heavy atom. The molecule has 0 saturated heterocycles. The monoisotopic (exact) mass is 180 g/mol. The van der Waals surface area contributed by atoms with Crippen LogP contribution in [0.15, 0.2) is 0 Å². The molecule has 0 radical (unpaired) electrons. The Labute approximate surface area is 66.4 Å². The summed E-state index contributed by atoms with van der Waals surface area (Å²) in [5, 5.41) is 0. The Bertz CT molecular complexity index is 170. The first-order valence-electron chi connectivity index (χ1n) is 3.25. The maximum absolute atomic E-state index is 10.7. The molecule has 66 valence electrons. The molecule has 0 spiro atoms. The number of carbonyl (C=O) groups excluding carboxylic acids is 1. The molecule has 0 aliphatic carbocycles. The van der Waals surface area contributed by atoms with E-state index in [1.165, 1.54) is 0 Å². The van der Waals surface area contributed by atoms with Gasteiger partial charge in [0.25, 0.3) is 0 Å². The molecule has 4 nitrogen and oxygen atoms in total. The Kier molecular flexibility index (Phi) is 3.76. The highest BCUT2D eigenvalue weighted by Gasteiger charge is 2.16. The van der Waals surface area contributed by atoms with Crippen LogP contribution in [0.25, 0.3) is 0 Å². The fourth-order valence-corrected chi connectivity index (χ4v) is 0.820. The topological polar surface area (TPSA) is 63.6 Å². The normalized spacial score (nSPS) is 14.2. The van der Waals surface area contributed by atoms with Crippen molar-refractivity contribution >= 4 is 14.0 Å². The molecule has 0 amide bonds. The van der Waals surface area contributed by atoms with Crippen LogP contribution in [0, 0.1) is 0 Å². The van der Waals surface area contributed by atoms with Gasteiger partial charge in [-0.2, -0.15) is 0 Å². The van der Waals surface area contributed by atoms with Gasteiger partial charge in [0, 0.05) is 0 Å². The van der Waals surface area contributed by atoms with E-state index in [9.17, 15) is 9.36 Å². The fourth-order valence-electron chi connectivity index (χ4n) is 0.501. The third kappa shape index (κ3) is 7.56. The molecular formula is C6H13O4P. The van der Waals surface area contributed by atoms with E-state index in [2.05, 4.69) is 0 Å². The maximum Gasteiger partial charge on any atom is 0.315 e. The van der Waals surface area contributed by atoms with Crippen LogP contribution < -0.4 is 0 Å². The zero-order valence-corrected chi connectivity index (χ0v) is 7.88. The molecule has 5 heteroatoms. The average Bonchev–Trinajstić information content (AvgIpc) is 1.53. The number of ether oxygens (including phenoxy) is 1. The van der Waals surface area contributed by atoms with Gasteiger partial charge >= 0.3 is 5.97 Å².